The van der Waals surface area contributed by atoms with Crippen LogP contribution in [0.15, 0.2) is 0 Å². The molecule has 0 aromatic heterocycles. The third kappa shape index (κ3) is 6.25. The smallest absolute Gasteiger partial charge is 0.252 e. The molecule has 2 N–H and O–H groups in total. The lowest BCUT2D eigenvalue weighted by Crippen LogP contribution is -2.52. The summed E-state index contributed by atoms with van der Waals surface area (Å²) in [4.78, 5) is 12.4. The predicted octanol–water partition coefficient (Wildman–Crippen LogP) is 3.28. The maximum Gasteiger partial charge on any atom is 0.252 e. The Morgan fingerprint density at radius 1 is 1.27 bits per heavy atom. The molecule has 0 radical (unpaired) electrons. The molecule has 1 aliphatic rings. The van der Waals surface area contributed by atoms with Gasteiger partial charge in [-0.25, -0.2) is 0 Å². The molecule has 2 atom stereocenters. The average Bonchev–Trinajstić information content (AvgIpc) is 2.96. The van der Waals surface area contributed by atoms with Gasteiger partial charge in [-0.1, -0.05) is 53.4 Å². The van der Waals surface area contributed by atoms with Gasteiger partial charge < -0.3 is 15.2 Å². The second kappa shape index (κ2) is 9.51. The van der Waals surface area contributed by atoms with Crippen LogP contribution >= 0.6 is 0 Å². The molecule has 0 aliphatic carbocycles. The average molecular weight is 313 g/mol. The van der Waals surface area contributed by atoms with Crippen molar-refractivity contribution < 1.29 is 14.6 Å². The molecule has 0 bridgehead atoms. The molecule has 1 unspecified atom stereocenters. The lowest BCUT2D eigenvalue weighted by Gasteiger charge is -2.31. The van der Waals surface area contributed by atoms with Crippen LogP contribution < -0.4 is 5.32 Å². The van der Waals surface area contributed by atoms with Gasteiger partial charge in [-0.05, 0) is 31.1 Å². The van der Waals surface area contributed by atoms with Crippen LogP contribution in [0.25, 0.3) is 0 Å². The maximum absolute atomic E-state index is 12.4. The van der Waals surface area contributed by atoms with Gasteiger partial charge in [0.25, 0.3) is 5.91 Å². The maximum atomic E-state index is 12.4. The molecule has 1 rings (SSSR count). The van der Waals surface area contributed by atoms with Crippen molar-refractivity contribution in [3.05, 3.63) is 0 Å². The minimum Gasteiger partial charge on any atom is -0.380 e. The van der Waals surface area contributed by atoms with Crippen LogP contribution in [-0.4, -0.2) is 35.9 Å². The van der Waals surface area contributed by atoms with Gasteiger partial charge in [0.1, 0.15) is 5.60 Å². The molecule has 1 saturated heterocycles. The Hall–Kier alpha value is -0.610. The number of unbranched alkanes of at least 4 members (excludes halogenated alkanes) is 2. The minimum absolute atomic E-state index is 0.0814. The van der Waals surface area contributed by atoms with E-state index in [1.54, 1.807) is 0 Å². The molecule has 4 heteroatoms. The summed E-state index contributed by atoms with van der Waals surface area (Å²) in [5.41, 5.74) is -1.25. The molecule has 0 aromatic rings. The zero-order valence-electron chi connectivity index (χ0n) is 14.9. The van der Waals surface area contributed by atoms with Crippen molar-refractivity contribution in [3.63, 3.8) is 0 Å². The van der Waals surface area contributed by atoms with Crippen LogP contribution in [0.5, 0.6) is 0 Å². The number of ether oxygens (including phenoxy) is 1. The van der Waals surface area contributed by atoms with Gasteiger partial charge >= 0.3 is 0 Å². The molecule has 22 heavy (non-hydrogen) atoms. The van der Waals surface area contributed by atoms with Crippen molar-refractivity contribution in [2.45, 2.75) is 84.3 Å². The number of hydrogen-bond donors (Lipinski definition) is 2. The summed E-state index contributed by atoms with van der Waals surface area (Å²) in [6, 6.07) is 0. The van der Waals surface area contributed by atoms with E-state index in [1.807, 2.05) is 13.8 Å². The number of rotatable bonds is 10. The summed E-state index contributed by atoms with van der Waals surface area (Å²) < 4.78 is 5.52. The molecule has 4 nitrogen and oxygen atoms in total. The number of nitrogens with one attached hydrogen (secondary N) is 1. The zero-order chi connectivity index (χ0) is 16.6. The van der Waals surface area contributed by atoms with Gasteiger partial charge in [-0.3, -0.25) is 4.79 Å². The number of aliphatic hydroxyl groups is 1. The first-order chi connectivity index (χ1) is 10.4. The monoisotopic (exact) mass is 313 g/mol. The van der Waals surface area contributed by atoms with Crippen molar-refractivity contribution in [3.8, 4) is 0 Å². The molecule has 0 saturated carbocycles. The Balaban J connectivity index is 2.37. The predicted molar refractivity (Wildman–Crippen MR) is 89.7 cm³/mol. The largest absolute Gasteiger partial charge is 0.380 e. The standard InChI is InChI=1S/C18H35NO3/c1-14(2)9-6-5-7-11-18(21,15(3)4)17(20)19-13-16-10-8-12-22-16/h14-16,21H,5-13H2,1-4H3,(H,19,20)/t16-,18?/m0/s1. The highest BCUT2D eigenvalue weighted by Gasteiger charge is 2.38. The first kappa shape index (κ1) is 19.4. The number of carbonyl (C=O) groups excluding carboxylic acids is 1. The van der Waals surface area contributed by atoms with Gasteiger partial charge in [0.2, 0.25) is 0 Å². The molecule has 1 fully saturated rings. The van der Waals surface area contributed by atoms with Crippen LogP contribution in [0, 0.1) is 11.8 Å². The summed E-state index contributed by atoms with van der Waals surface area (Å²) >= 11 is 0. The highest BCUT2D eigenvalue weighted by atomic mass is 16.5. The van der Waals surface area contributed by atoms with Crippen LogP contribution in [0.2, 0.25) is 0 Å². The summed E-state index contributed by atoms with van der Waals surface area (Å²) in [6.45, 7) is 9.58. The van der Waals surface area contributed by atoms with Gasteiger partial charge in [0.15, 0.2) is 0 Å². The molecule has 0 spiro atoms. The SMILES string of the molecule is CC(C)CCCCCC(O)(C(=O)NC[C@@H]1CCCO1)C(C)C. The lowest BCUT2D eigenvalue weighted by molar-refractivity contribution is -0.146. The van der Waals surface area contributed by atoms with E-state index in [4.69, 9.17) is 4.74 Å². The topological polar surface area (TPSA) is 58.6 Å². The molecular weight excluding hydrogens is 278 g/mol. The number of amides is 1. The molecule has 130 valence electrons. The van der Waals surface area contributed by atoms with Crippen molar-refractivity contribution in [2.24, 2.45) is 11.8 Å². The number of carbonyl (C=O) groups is 1. The van der Waals surface area contributed by atoms with Crippen LogP contribution in [0.3, 0.4) is 0 Å². The van der Waals surface area contributed by atoms with Gasteiger partial charge in [0.05, 0.1) is 6.10 Å². The van der Waals surface area contributed by atoms with Crippen LogP contribution in [0.4, 0.5) is 0 Å². The second-order valence-corrected chi connectivity index (χ2v) is 7.42. The molecule has 1 aliphatic heterocycles. The normalized spacial score (nSPS) is 21.3. The van der Waals surface area contributed by atoms with E-state index < -0.39 is 5.60 Å². The quantitative estimate of drug-likeness (QED) is 0.609. The van der Waals surface area contributed by atoms with Crippen molar-refractivity contribution in [1.82, 2.24) is 5.32 Å². The lowest BCUT2D eigenvalue weighted by atomic mass is 9.84. The van der Waals surface area contributed by atoms with E-state index in [1.165, 1.54) is 12.8 Å². The fourth-order valence-electron chi connectivity index (χ4n) is 2.95. The molecule has 1 amide bonds. The molecule has 1 heterocycles. The Morgan fingerprint density at radius 3 is 2.55 bits per heavy atom. The van der Waals surface area contributed by atoms with Gasteiger partial charge in [-0.15, -0.1) is 0 Å². The first-order valence-electron chi connectivity index (χ1n) is 8.98. The van der Waals surface area contributed by atoms with E-state index in [0.717, 1.165) is 38.2 Å². The fraction of sp³-hybridized carbons (Fsp3) is 0.944. The van der Waals surface area contributed by atoms with Crippen molar-refractivity contribution in [2.75, 3.05) is 13.2 Å². The molecule has 0 aromatic carbocycles. The fourth-order valence-corrected chi connectivity index (χ4v) is 2.95. The highest BCUT2D eigenvalue weighted by molar-refractivity contribution is 5.85. The van der Waals surface area contributed by atoms with Crippen LogP contribution in [-0.2, 0) is 9.53 Å². The molecular formula is C18H35NO3. The van der Waals surface area contributed by atoms with E-state index in [2.05, 4.69) is 19.2 Å². The third-order valence-corrected chi connectivity index (χ3v) is 4.70. The van der Waals surface area contributed by atoms with Gasteiger partial charge in [0, 0.05) is 13.2 Å². The van der Waals surface area contributed by atoms with E-state index in [0.29, 0.717) is 13.0 Å². The Labute approximate surface area is 136 Å². The van der Waals surface area contributed by atoms with E-state index in [9.17, 15) is 9.90 Å². The van der Waals surface area contributed by atoms with Crippen molar-refractivity contribution in [1.29, 1.82) is 0 Å². The summed E-state index contributed by atoms with van der Waals surface area (Å²) in [5.74, 6) is 0.405. The van der Waals surface area contributed by atoms with E-state index in [-0.39, 0.29) is 17.9 Å². The summed E-state index contributed by atoms with van der Waals surface area (Å²) in [5, 5.41) is 13.7. The van der Waals surface area contributed by atoms with Crippen molar-refractivity contribution >= 4 is 5.91 Å². The Bertz CT molecular complexity index is 324. The first-order valence-corrected chi connectivity index (χ1v) is 8.98. The second-order valence-electron chi connectivity index (χ2n) is 7.42. The van der Waals surface area contributed by atoms with E-state index >= 15 is 0 Å². The summed E-state index contributed by atoms with van der Waals surface area (Å²) in [7, 11) is 0. The minimum atomic E-state index is -1.25. The Kier molecular flexibility index (Phi) is 8.40. The summed E-state index contributed by atoms with van der Waals surface area (Å²) in [6.07, 6.45) is 7.07. The highest BCUT2D eigenvalue weighted by Crippen LogP contribution is 2.25. The third-order valence-electron chi connectivity index (χ3n) is 4.70. The number of hydrogen-bond acceptors (Lipinski definition) is 3. The zero-order valence-corrected chi connectivity index (χ0v) is 14.9. The van der Waals surface area contributed by atoms with Crippen LogP contribution in [0.1, 0.15) is 72.6 Å². The van der Waals surface area contributed by atoms with Gasteiger partial charge in [-0.2, -0.15) is 0 Å². The Morgan fingerprint density at radius 2 is 2.00 bits per heavy atom.